The summed E-state index contributed by atoms with van der Waals surface area (Å²) in [6.07, 6.45) is 9.49. The maximum Gasteiger partial charge on any atom is 0.296 e. The fourth-order valence-electron chi connectivity index (χ4n) is 4.83. The first-order valence-corrected chi connectivity index (χ1v) is 16.1. The van der Waals surface area contributed by atoms with E-state index in [0.29, 0.717) is 18.8 Å². The molecule has 0 aliphatic heterocycles. The fraction of sp³-hybridized carbons (Fsp3) is 0.625. The minimum absolute atomic E-state index is 0.0323. The number of amides is 2. The molecule has 41 heavy (non-hydrogen) atoms. The molecule has 0 aromatic heterocycles. The Balaban J connectivity index is 2.05. The Morgan fingerprint density at radius 2 is 1.78 bits per heavy atom. The van der Waals surface area contributed by atoms with Gasteiger partial charge in [-0.2, -0.15) is 0 Å². The summed E-state index contributed by atoms with van der Waals surface area (Å²) in [5.41, 5.74) is 0.980. The van der Waals surface area contributed by atoms with Crippen LogP contribution in [0.15, 0.2) is 30.3 Å². The van der Waals surface area contributed by atoms with Gasteiger partial charge < -0.3 is 20.4 Å². The highest BCUT2D eigenvalue weighted by molar-refractivity contribution is 7.92. The van der Waals surface area contributed by atoms with Crippen LogP contribution in [-0.4, -0.2) is 70.8 Å². The molecule has 0 bridgehead atoms. The minimum atomic E-state index is -3.62. The molecule has 0 radical (unpaired) electrons. The van der Waals surface area contributed by atoms with Crippen molar-refractivity contribution in [2.75, 3.05) is 12.4 Å². The SMILES string of the molecule is C#CC[C@H](O)[C@H](O)[C@@H](CC1CCCCC1)NC(=O)C#CCCN(CS(=O)(=O)C(C)(C)C)C(=O)CCc1ccccc1. The lowest BCUT2D eigenvalue weighted by molar-refractivity contribution is -0.130. The number of hydrogen-bond acceptors (Lipinski definition) is 6. The molecule has 1 aliphatic rings. The molecule has 3 N–H and O–H groups in total. The molecule has 226 valence electrons. The van der Waals surface area contributed by atoms with E-state index in [-0.39, 0.29) is 31.7 Å². The van der Waals surface area contributed by atoms with Crippen molar-refractivity contribution < 1.29 is 28.2 Å². The Bertz CT molecular complexity index is 1180. The number of nitrogens with one attached hydrogen (secondary N) is 1. The molecule has 8 nitrogen and oxygen atoms in total. The average molecular weight is 587 g/mol. The van der Waals surface area contributed by atoms with Gasteiger partial charge in [-0.1, -0.05) is 68.4 Å². The number of carbonyl (C=O) groups excluding carboxylic acids is 2. The van der Waals surface area contributed by atoms with Gasteiger partial charge in [0.05, 0.1) is 16.9 Å². The second kappa shape index (κ2) is 16.6. The summed E-state index contributed by atoms with van der Waals surface area (Å²) in [6, 6.07) is 8.79. The van der Waals surface area contributed by atoms with Crippen molar-refractivity contribution in [3.05, 3.63) is 35.9 Å². The van der Waals surface area contributed by atoms with Crippen molar-refractivity contribution >= 4 is 21.7 Å². The predicted octanol–water partition coefficient (Wildman–Crippen LogP) is 3.21. The molecule has 1 fully saturated rings. The van der Waals surface area contributed by atoms with Gasteiger partial charge in [0.1, 0.15) is 12.0 Å². The zero-order chi connectivity index (χ0) is 30.5. The summed E-state index contributed by atoms with van der Waals surface area (Å²) in [5.74, 6) is 6.57. The highest BCUT2D eigenvalue weighted by atomic mass is 32.2. The Labute approximate surface area is 246 Å². The topological polar surface area (TPSA) is 124 Å². The molecule has 0 saturated heterocycles. The van der Waals surface area contributed by atoms with E-state index in [9.17, 15) is 28.2 Å². The number of carbonyl (C=O) groups is 2. The monoisotopic (exact) mass is 586 g/mol. The molecule has 9 heteroatoms. The van der Waals surface area contributed by atoms with Gasteiger partial charge in [-0.05, 0) is 51.0 Å². The summed E-state index contributed by atoms with van der Waals surface area (Å²) >= 11 is 0. The maximum atomic E-state index is 13.0. The second-order valence-electron chi connectivity index (χ2n) is 11.8. The summed E-state index contributed by atoms with van der Waals surface area (Å²) in [4.78, 5) is 27.0. The van der Waals surface area contributed by atoms with Gasteiger partial charge >= 0.3 is 0 Å². The molecule has 1 aliphatic carbocycles. The number of terminal acetylenes is 1. The van der Waals surface area contributed by atoms with Gasteiger partial charge in [-0.3, -0.25) is 9.59 Å². The Morgan fingerprint density at radius 1 is 1.12 bits per heavy atom. The average Bonchev–Trinajstić information content (AvgIpc) is 2.93. The highest BCUT2D eigenvalue weighted by Gasteiger charge is 2.32. The summed E-state index contributed by atoms with van der Waals surface area (Å²) in [5, 5.41) is 23.7. The van der Waals surface area contributed by atoms with E-state index in [1.54, 1.807) is 20.8 Å². The standard InChI is InChI=1S/C32H46N2O6S/c1-5-14-28(35)31(38)27(23-26-17-10-7-11-18-26)33-29(36)19-12-13-22-34(24-41(39,40)32(2,3)4)30(37)21-20-25-15-8-6-9-16-25/h1,6,8-9,15-16,26-28,31,35,38H,7,10-11,13-14,17-18,20-24H2,2-4H3,(H,33,36)/t27-,28+,31-/m1/s1. The molecule has 0 unspecified atom stereocenters. The van der Waals surface area contributed by atoms with Crippen LogP contribution in [0.3, 0.4) is 0 Å². The number of hydrogen-bond donors (Lipinski definition) is 3. The smallest absolute Gasteiger partial charge is 0.296 e. The molecule has 2 amide bonds. The minimum Gasteiger partial charge on any atom is -0.389 e. The highest BCUT2D eigenvalue weighted by Crippen LogP contribution is 2.28. The first-order chi connectivity index (χ1) is 19.3. The van der Waals surface area contributed by atoms with Crippen molar-refractivity contribution in [2.45, 2.75) is 108 Å². The number of aliphatic hydroxyl groups is 2. The molecule has 1 aromatic rings. The van der Waals surface area contributed by atoms with Crippen LogP contribution in [0.2, 0.25) is 0 Å². The lowest BCUT2D eigenvalue weighted by atomic mass is 9.83. The van der Waals surface area contributed by atoms with E-state index in [4.69, 9.17) is 6.42 Å². The number of benzene rings is 1. The van der Waals surface area contributed by atoms with Crippen molar-refractivity contribution in [2.24, 2.45) is 5.92 Å². The molecule has 1 saturated carbocycles. The first kappa shape index (κ1) is 34.4. The predicted molar refractivity (Wildman–Crippen MR) is 161 cm³/mol. The van der Waals surface area contributed by atoms with Gasteiger partial charge in [0.2, 0.25) is 5.91 Å². The van der Waals surface area contributed by atoms with Gasteiger partial charge in [0, 0.05) is 25.8 Å². The van der Waals surface area contributed by atoms with Gasteiger partial charge in [-0.15, -0.1) is 12.3 Å². The molecule has 2 rings (SSSR count). The second-order valence-corrected chi connectivity index (χ2v) is 14.5. The molecule has 0 spiro atoms. The molecule has 0 heterocycles. The van der Waals surface area contributed by atoms with Crippen LogP contribution in [0, 0.1) is 30.1 Å². The third kappa shape index (κ3) is 11.9. The Kier molecular flexibility index (Phi) is 13.9. The van der Waals surface area contributed by atoms with Crippen LogP contribution >= 0.6 is 0 Å². The molecular formula is C32H46N2O6S. The third-order valence-corrected chi connectivity index (χ3v) is 10.1. The van der Waals surface area contributed by atoms with Crippen LogP contribution in [0.4, 0.5) is 0 Å². The summed E-state index contributed by atoms with van der Waals surface area (Å²) in [7, 11) is -3.62. The van der Waals surface area contributed by atoms with Crippen molar-refractivity contribution in [3.8, 4) is 24.2 Å². The van der Waals surface area contributed by atoms with Crippen molar-refractivity contribution in [1.29, 1.82) is 0 Å². The number of aliphatic hydroxyl groups excluding tert-OH is 2. The van der Waals surface area contributed by atoms with E-state index in [0.717, 1.165) is 31.2 Å². The zero-order valence-corrected chi connectivity index (χ0v) is 25.5. The van der Waals surface area contributed by atoms with E-state index < -0.39 is 44.6 Å². The lowest BCUT2D eigenvalue weighted by Crippen LogP contribution is -2.49. The van der Waals surface area contributed by atoms with E-state index >= 15 is 0 Å². The number of sulfone groups is 1. The lowest BCUT2D eigenvalue weighted by Gasteiger charge is -2.31. The Morgan fingerprint density at radius 3 is 2.39 bits per heavy atom. The van der Waals surface area contributed by atoms with E-state index in [1.807, 2.05) is 30.3 Å². The third-order valence-electron chi connectivity index (χ3n) is 7.55. The summed E-state index contributed by atoms with van der Waals surface area (Å²) < 4.78 is 24.7. The molecular weight excluding hydrogens is 540 g/mol. The maximum absolute atomic E-state index is 13.0. The molecule has 3 atom stereocenters. The fourth-order valence-corrected chi connectivity index (χ4v) is 5.90. The molecule has 1 aromatic carbocycles. The van der Waals surface area contributed by atoms with E-state index in [2.05, 4.69) is 23.1 Å². The van der Waals surface area contributed by atoms with Crippen molar-refractivity contribution in [3.63, 3.8) is 0 Å². The Hall–Kier alpha value is -2.85. The van der Waals surface area contributed by atoms with Gasteiger partial charge in [0.15, 0.2) is 9.84 Å². The largest absolute Gasteiger partial charge is 0.389 e. The van der Waals surface area contributed by atoms with Crippen molar-refractivity contribution in [1.82, 2.24) is 10.2 Å². The van der Waals surface area contributed by atoms with E-state index in [1.165, 1.54) is 11.3 Å². The van der Waals surface area contributed by atoms with Gasteiger partial charge in [-0.25, -0.2) is 8.42 Å². The van der Waals surface area contributed by atoms with Crippen LogP contribution in [-0.2, 0) is 25.8 Å². The summed E-state index contributed by atoms with van der Waals surface area (Å²) in [6.45, 7) is 4.84. The normalized spacial score (nSPS) is 16.4. The van der Waals surface area contributed by atoms with Crippen LogP contribution < -0.4 is 5.32 Å². The van der Waals surface area contributed by atoms with Crippen LogP contribution in [0.1, 0.15) is 84.1 Å². The van der Waals surface area contributed by atoms with Crippen LogP contribution in [0.25, 0.3) is 0 Å². The number of nitrogens with zero attached hydrogens (tertiary/aromatic N) is 1. The quantitative estimate of drug-likeness (QED) is 0.305. The number of rotatable bonds is 13. The van der Waals surface area contributed by atoms with Gasteiger partial charge in [0.25, 0.3) is 5.91 Å². The first-order valence-electron chi connectivity index (χ1n) is 14.5. The van der Waals surface area contributed by atoms with Crippen LogP contribution in [0.5, 0.6) is 0 Å². The zero-order valence-electron chi connectivity index (χ0n) is 24.6. The number of aryl methyl sites for hydroxylation is 1.